The van der Waals surface area contributed by atoms with Crippen molar-refractivity contribution in [3.05, 3.63) is 35.4 Å². The standard InChI is InChI=1S/C16H18N4O7S.C2H5NO2.Na.H/c1-9-5-6-10(14(21)27-4)11(7-9)28(23,24)20-16(22)19-15-17-12(25-2)8-13(18-15)26-3;1-5-2(3)4;;/h5-8H,1-4H3,(H2,17,18,19,20,22);1H3,(H2,3,4);;. The Hall–Kier alpha value is -3.14. The van der Waals surface area contributed by atoms with Crippen LogP contribution in [-0.4, -0.2) is 94.5 Å². The summed E-state index contributed by atoms with van der Waals surface area (Å²) < 4.78 is 45.4. The van der Waals surface area contributed by atoms with E-state index in [-0.39, 0.29) is 52.8 Å². The zero-order valence-electron chi connectivity index (χ0n) is 18.4. The Morgan fingerprint density at radius 1 is 0.941 bits per heavy atom. The maximum absolute atomic E-state index is 12.6. The van der Waals surface area contributed by atoms with Gasteiger partial charge in [0.25, 0.3) is 10.0 Å². The van der Waals surface area contributed by atoms with Crippen LogP contribution in [0.4, 0.5) is 15.5 Å². The number of primary amides is 1. The fraction of sp³-hybridized carbons (Fsp3) is 0.278. The summed E-state index contributed by atoms with van der Waals surface area (Å²) >= 11 is 0. The molecule has 1 heterocycles. The number of urea groups is 1. The van der Waals surface area contributed by atoms with Crippen molar-refractivity contribution in [3.63, 3.8) is 0 Å². The molecule has 0 aliphatic carbocycles. The van der Waals surface area contributed by atoms with Crippen molar-refractivity contribution in [3.8, 4) is 11.8 Å². The number of sulfonamides is 1. The molecule has 0 bridgehead atoms. The second kappa shape index (κ2) is 14.2. The molecule has 182 valence electrons. The quantitative estimate of drug-likeness (QED) is 0.354. The summed E-state index contributed by atoms with van der Waals surface area (Å²) in [4.78, 5) is 40.7. The van der Waals surface area contributed by atoms with Crippen molar-refractivity contribution in [2.45, 2.75) is 11.8 Å². The van der Waals surface area contributed by atoms with Gasteiger partial charge in [-0.1, -0.05) is 6.07 Å². The second-order valence-corrected chi connectivity index (χ2v) is 7.50. The van der Waals surface area contributed by atoms with E-state index in [1.807, 2.05) is 0 Å². The van der Waals surface area contributed by atoms with Crippen LogP contribution in [0.2, 0.25) is 0 Å². The molecule has 0 aliphatic rings. The number of ether oxygens (including phenoxy) is 4. The molecule has 34 heavy (non-hydrogen) atoms. The Morgan fingerprint density at radius 2 is 1.47 bits per heavy atom. The van der Waals surface area contributed by atoms with Gasteiger partial charge in [0.15, 0.2) is 0 Å². The summed E-state index contributed by atoms with van der Waals surface area (Å²) in [7, 11) is 0.640. The number of amides is 3. The van der Waals surface area contributed by atoms with Crippen LogP contribution in [0.5, 0.6) is 11.8 Å². The van der Waals surface area contributed by atoms with Gasteiger partial charge in [0.05, 0.1) is 40.1 Å². The van der Waals surface area contributed by atoms with Gasteiger partial charge >= 0.3 is 47.7 Å². The molecular formula is C18H24N5NaO9S. The number of anilines is 1. The first-order valence-corrected chi connectivity index (χ1v) is 10.3. The van der Waals surface area contributed by atoms with Crippen molar-refractivity contribution in [1.29, 1.82) is 0 Å². The molecule has 16 heteroatoms. The van der Waals surface area contributed by atoms with Gasteiger partial charge in [-0.25, -0.2) is 27.5 Å². The molecular weight excluding hydrogens is 485 g/mol. The minimum atomic E-state index is -4.40. The third-order valence-electron chi connectivity index (χ3n) is 3.58. The Kier molecular flexibility index (Phi) is 12.9. The maximum atomic E-state index is 12.6. The number of hydrogen-bond acceptors (Lipinski definition) is 11. The molecule has 0 saturated heterocycles. The molecule has 3 amide bonds. The van der Waals surface area contributed by atoms with E-state index < -0.39 is 33.0 Å². The molecule has 0 saturated carbocycles. The minimum absolute atomic E-state index is 0. The fourth-order valence-corrected chi connectivity index (χ4v) is 3.29. The molecule has 0 fully saturated rings. The van der Waals surface area contributed by atoms with Crippen LogP contribution in [0.25, 0.3) is 0 Å². The number of rotatable bonds is 6. The topological polar surface area (TPSA) is 198 Å². The summed E-state index contributed by atoms with van der Waals surface area (Å²) in [6, 6.07) is 4.31. The molecule has 0 spiro atoms. The molecule has 1 aromatic heterocycles. The Labute approximate surface area is 217 Å². The van der Waals surface area contributed by atoms with Crippen LogP contribution < -0.4 is 25.2 Å². The Morgan fingerprint density at radius 3 is 1.91 bits per heavy atom. The zero-order valence-corrected chi connectivity index (χ0v) is 19.2. The van der Waals surface area contributed by atoms with Crippen molar-refractivity contribution in [2.24, 2.45) is 5.73 Å². The SMILES string of the molecule is COC(=O)c1ccc(C)cc1S(=O)(=O)NC(=O)Nc1nc(OC)cc(OC)n1.COC(N)=O.[NaH]. The number of hydrogen-bond donors (Lipinski definition) is 3. The predicted molar refractivity (Wildman–Crippen MR) is 121 cm³/mol. The van der Waals surface area contributed by atoms with E-state index in [2.05, 4.69) is 30.5 Å². The van der Waals surface area contributed by atoms with E-state index >= 15 is 0 Å². The first kappa shape index (κ1) is 30.9. The third-order valence-corrected chi connectivity index (χ3v) is 4.95. The second-order valence-electron chi connectivity index (χ2n) is 5.85. The summed E-state index contributed by atoms with van der Waals surface area (Å²) in [5, 5.41) is 2.17. The van der Waals surface area contributed by atoms with Crippen LogP contribution in [0.3, 0.4) is 0 Å². The van der Waals surface area contributed by atoms with E-state index in [4.69, 9.17) is 9.47 Å². The van der Waals surface area contributed by atoms with E-state index in [0.717, 1.165) is 7.11 Å². The van der Waals surface area contributed by atoms with Crippen molar-refractivity contribution >= 4 is 63.6 Å². The number of nitrogens with zero attached hydrogens (tertiary/aromatic N) is 2. The Balaban J connectivity index is 0.00000164. The molecule has 2 aromatic rings. The average Bonchev–Trinajstić information content (AvgIpc) is 2.77. The van der Waals surface area contributed by atoms with Crippen molar-refractivity contribution in [1.82, 2.24) is 14.7 Å². The Bertz CT molecular complexity index is 1110. The molecule has 2 rings (SSSR count). The monoisotopic (exact) mass is 509 g/mol. The first-order chi connectivity index (χ1) is 15.5. The number of nitrogens with two attached hydrogens (primary N) is 1. The predicted octanol–water partition coefficient (Wildman–Crippen LogP) is 0.162. The summed E-state index contributed by atoms with van der Waals surface area (Å²) in [5.74, 6) is -0.920. The number of benzene rings is 1. The number of nitrogens with one attached hydrogen (secondary N) is 2. The number of carbonyl (C=O) groups excluding carboxylic acids is 3. The van der Waals surface area contributed by atoms with Gasteiger partial charge in [-0.05, 0) is 24.6 Å². The molecule has 0 radical (unpaired) electrons. The van der Waals surface area contributed by atoms with Gasteiger partial charge < -0.3 is 24.7 Å². The van der Waals surface area contributed by atoms with Crippen molar-refractivity contribution < 1.29 is 41.7 Å². The van der Waals surface area contributed by atoms with E-state index in [1.165, 1.54) is 39.5 Å². The van der Waals surface area contributed by atoms with Crippen molar-refractivity contribution in [2.75, 3.05) is 33.8 Å². The third kappa shape index (κ3) is 9.38. The zero-order chi connectivity index (χ0) is 25.2. The van der Waals surface area contributed by atoms with Crippen LogP contribution >= 0.6 is 0 Å². The number of aromatic nitrogens is 2. The van der Waals surface area contributed by atoms with E-state index in [1.54, 1.807) is 17.7 Å². The van der Waals surface area contributed by atoms with E-state index in [0.29, 0.717) is 5.56 Å². The van der Waals surface area contributed by atoms with Crippen LogP contribution in [0.15, 0.2) is 29.2 Å². The van der Waals surface area contributed by atoms with Crippen LogP contribution in [0, 0.1) is 6.92 Å². The summed E-state index contributed by atoms with van der Waals surface area (Å²) in [6.07, 6.45) is -0.745. The van der Waals surface area contributed by atoms with Gasteiger partial charge in [-0.2, -0.15) is 9.97 Å². The number of methoxy groups -OCH3 is 4. The van der Waals surface area contributed by atoms with Gasteiger partial charge in [-0.3, -0.25) is 5.32 Å². The average molecular weight is 509 g/mol. The van der Waals surface area contributed by atoms with Gasteiger partial charge in [0.2, 0.25) is 17.7 Å². The van der Waals surface area contributed by atoms with E-state index in [9.17, 15) is 22.8 Å². The summed E-state index contributed by atoms with van der Waals surface area (Å²) in [6.45, 7) is 1.64. The van der Waals surface area contributed by atoms with Gasteiger partial charge in [0, 0.05) is 0 Å². The first-order valence-electron chi connectivity index (χ1n) is 8.80. The van der Waals surface area contributed by atoms with Gasteiger partial charge in [-0.15, -0.1) is 0 Å². The van der Waals surface area contributed by atoms with Gasteiger partial charge in [0.1, 0.15) is 4.90 Å². The molecule has 4 N–H and O–H groups in total. The molecule has 0 aliphatic heterocycles. The normalized spacial score (nSPS) is 9.79. The number of aryl methyl sites for hydroxylation is 1. The summed E-state index contributed by atoms with van der Waals surface area (Å²) in [5.41, 5.74) is 4.78. The molecule has 0 atom stereocenters. The fourth-order valence-electron chi connectivity index (χ4n) is 2.10. The van der Waals surface area contributed by atoms with Crippen LogP contribution in [0.1, 0.15) is 15.9 Å². The van der Waals surface area contributed by atoms with Crippen LogP contribution in [-0.2, 0) is 19.5 Å². The number of carbonyl (C=O) groups is 3. The number of esters is 1. The molecule has 0 unspecified atom stereocenters. The molecule has 1 aromatic carbocycles. The molecule has 14 nitrogen and oxygen atoms in total.